The minimum atomic E-state index is -0.347. The Balaban J connectivity index is 1.11. The van der Waals surface area contributed by atoms with Crippen molar-refractivity contribution in [2.45, 2.75) is 52.4 Å². The van der Waals surface area contributed by atoms with E-state index in [9.17, 15) is 1.37 Å². The second-order valence-corrected chi connectivity index (χ2v) is 19.9. The Morgan fingerprint density at radius 3 is 1.90 bits per heavy atom. The van der Waals surface area contributed by atoms with Gasteiger partial charge in [-0.05, 0) is 124 Å². The summed E-state index contributed by atoms with van der Waals surface area (Å²) in [4.78, 5) is 9.85. The van der Waals surface area contributed by atoms with Crippen LogP contribution >= 0.6 is 0 Å². The van der Waals surface area contributed by atoms with Crippen molar-refractivity contribution in [2.75, 3.05) is 16.5 Å². The number of aromatic nitrogens is 2. The standard InChI is InChI=1S/C62H52N4O2/c1-61(2,3)43-33-51(40-16-8-7-9-17-40)60-52(34-43)42-18-14-20-46(32-42)67-45-28-26-41(27-29-45)53-38-63-59(37-54(53)62(4,5)6)66-55-23-11-10-22-49(55)50-31-30-48(36-58(50)66)68-47-21-15-19-44(35-47)64-39-65(60)57-25-13-12-24-56(57)64/h7-38H,39H2,1-6H3/i10D,11D,22D,23D. The maximum atomic E-state index is 9.26. The van der Waals surface area contributed by atoms with Gasteiger partial charge in [-0.25, -0.2) is 4.98 Å². The Kier molecular flexibility index (Phi) is 8.60. The zero-order valence-corrected chi connectivity index (χ0v) is 39.0. The molecule has 10 aromatic rings. The minimum absolute atomic E-state index is 0.106. The molecular formula is C62H52N4O2. The number of hydrogen-bond acceptors (Lipinski definition) is 5. The van der Waals surface area contributed by atoms with E-state index < -0.39 is 0 Å². The first kappa shape index (κ1) is 37.1. The molecule has 0 fully saturated rings. The summed E-state index contributed by atoms with van der Waals surface area (Å²) >= 11 is 0. The van der Waals surface area contributed by atoms with Crippen molar-refractivity contribution in [3.8, 4) is 62.2 Å². The highest BCUT2D eigenvalue weighted by Crippen LogP contribution is 2.52. The van der Waals surface area contributed by atoms with Crippen molar-refractivity contribution >= 4 is 44.6 Å². The molecule has 0 spiro atoms. The average Bonchev–Trinajstić information content (AvgIpc) is 3.93. The third-order valence-corrected chi connectivity index (χ3v) is 13.3. The molecule has 6 heterocycles. The maximum absolute atomic E-state index is 9.26. The van der Waals surface area contributed by atoms with Gasteiger partial charge in [0.15, 0.2) is 0 Å². The molecule has 0 radical (unpaired) electrons. The largest absolute Gasteiger partial charge is 0.457 e. The fourth-order valence-corrected chi connectivity index (χ4v) is 9.87. The van der Waals surface area contributed by atoms with Crippen LogP contribution < -0.4 is 19.3 Å². The summed E-state index contributed by atoms with van der Waals surface area (Å²) in [5, 5.41) is 1.09. The normalized spacial score (nSPS) is 14.1. The van der Waals surface area contributed by atoms with E-state index >= 15 is 0 Å². The third-order valence-electron chi connectivity index (χ3n) is 13.3. The van der Waals surface area contributed by atoms with Gasteiger partial charge < -0.3 is 19.3 Å². The number of hydrogen-bond donors (Lipinski definition) is 0. The van der Waals surface area contributed by atoms with Crippen LogP contribution in [0.1, 0.15) is 58.2 Å². The molecule has 0 saturated heterocycles. The fourth-order valence-electron chi connectivity index (χ4n) is 9.87. The van der Waals surface area contributed by atoms with Crippen LogP contribution in [0.5, 0.6) is 23.0 Å². The first-order valence-corrected chi connectivity index (χ1v) is 23.2. The van der Waals surface area contributed by atoms with E-state index in [0.29, 0.717) is 57.3 Å². The molecule has 12 bridgehead atoms. The van der Waals surface area contributed by atoms with Crippen LogP contribution in [0.15, 0.2) is 194 Å². The van der Waals surface area contributed by atoms with Gasteiger partial charge in [0.1, 0.15) is 35.5 Å². The summed E-state index contributed by atoms with van der Waals surface area (Å²) in [6, 6.07) is 55.5. The topological polar surface area (TPSA) is 42.8 Å². The van der Waals surface area contributed by atoms with Crippen LogP contribution in [-0.2, 0) is 10.8 Å². The number of fused-ring (bicyclic) bond motifs is 5. The zero-order chi connectivity index (χ0) is 49.8. The Morgan fingerprint density at radius 1 is 0.500 bits per heavy atom. The number of benzene rings is 8. The molecule has 0 saturated carbocycles. The summed E-state index contributed by atoms with van der Waals surface area (Å²) in [6.07, 6.45) is 1.87. The van der Waals surface area contributed by atoms with Gasteiger partial charge in [0.2, 0.25) is 0 Å². The lowest BCUT2D eigenvalue weighted by atomic mass is 9.82. The Bertz CT molecular complexity index is 3820. The summed E-state index contributed by atoms with van der Waals surface area (Å²) in [7, 11) is 0. The second kappa shape index (κ2) is 15.8. The highest BCUT2D eigenvalue weighted by atomic mass is 16.5. The van der Waals surface area contributed by atoms with Crippen LogP contribution in [-0.4, -0.2) is 16.2 Å². The predicted octanol–water partition coefficient (Wildman–Crippen LogP) is 16.9. The van der Waals surface area contributed by atoms with Crippen LogP contribution in [0, 0.1) is 0 Å². The van der Waals surface area contributed by atoms with Crippen molar-refractivity contribution in [3.05, 3.63) is 205 Å². The lowest BCUT2D eigenvalue weighted by Crippen LogP contribution is -2.25. The molecular weight excluding hydrogens is 833 g/mol. The van der Waals surface area contributed by atoms with Crippen molar-refractivity contribution in [1.29, 1.82) is 0 Å². The Morgan fingerprint density at radius 2 is 1.13 bits per heavy atom. The smallest absolute Gasteiger partial charge is 0.137 e. The summed E-state index contributed by atoms with van der Waals surface area (Å²) < 4.78 is 51.2. The molecule has 2 aromatic heterocycles. The number of anilines is 4. The lowest BCUT2D eigenvalue weighted by molar-refractivity contribution is 0.483. The molecule has 0 atom stereocenters. The molecule has 68 heavy (non-hydrogen) atoms. The van der Waals surface area contributed by atoms with Gasteiger partial charge in [0.05, 0.1) is 33.6 Å². The number of para-hydroxylation sites is 3. The maximum Gasteiger partial charge on any atom is 0.137 e. The molecule has 0 N–H and O–H groups in total. The molecule has 0 unspecified atom stereocenters. The molecule has 332 valence electrons. The van der Waals surface area contributed by atoms with Crippen LogP contribution in [0.2, 0.25) is 0 Å². The monoisotopic (exact) mass is 888 g/mol. The van der Waals surface area contributed by atoms with Gasteiger partial charge in [-0.3, -0.25) is 4.57 Å². The molecule has 0 amide bonds. The van der Waals surface area contributed by atoms with E-state index in [1.807, 2.05) is 65.4 Å². The number of pyridine rings is 1. The SMILES string of the molecule is [2H]c1c([2H])c([2H])c2c(c1[2H])c1ccc3cc1n2-c1cc(C(C)(C)C)c(cn1)-c1ccc(cc1)Oc1cccc(c1)-c1cc(C(C)(C)C)cc(-c2ccccc2)c1N1CN(c2cccc(c2)O3)c2ccccc21. The molecule has 4 aliphatic rings. The quantitative estimate of drug-likeness (QED) is 0.164. The van der Waals surface area contributed by atoms with Crippen molar-refractivity contribution < 1.29 is 15.0 Å². The minimum Gasteiger partial charge on any atom is -0.457 e. The molecule has 4 aliphatic heterocycles. The van der Waals surface area contributed by atoms with E-state index in [0.717, 1.165) is 61.7 Å². The van der Waals surface area contributed by atoms with Crippen molar-refractivity contribution in [1.82, 2.24) is 9.55 Å². The Hall–Kier alpha value is -8.09. The summed E-state index contributed by atoms with van der Waals surface area (Å²) in [5.41, 5.74) is 13.2. The molecule has 6 heteroatoms. The van der Waals surface area contributed by atoms with E-state index in [1.54, 1.807) is 0 Å². The first-order chi connectivity index (χ1) is 34.6. The number of rotatable bonds is 1. The van der Waals surface area contributed by atoms with Crippen LogP contribution in [0.4, 0.5) is 22.7 Å². The van der Waals surface area contributed by atoms with Crippen LogP contribution in [0.25, 0.3) is 61.0 Å². The highest BCUT2D eigenvalue weighted by molar-refractivity contribution is 6.09. The molecule has 8 aromatic carbocycles. The van der Waals surface area contributed by atoms with Crippen molar-refractivity contribution in [2.24, 2.45) is 0 Å². The highest BCUT2D eigenvalue weighted by Gasteiger charge is 2.33. The van der Waals surface area contributed by atoms with Gasteiger partial charge in [-0.15, -0.1) is 0 Å². The van der Waals surface area contributed by atoms with Gasteiger partial charge in [-0.2, -0.15) is 0 Å². The van der Waals surface area contributed by atoms with E-state index in [4.69, 9.17) is 18.6 Å². The van der Waals surface area contributed by atoms with E-state index in [-0.39, 0.29) is 35.0 Å². The van der Waals surface area contributed by atoms with Gasteiger partial charge >= 0.3 is 0 Å². The first-order valence-electron chi connectivity index (χ1n) is 25.2. The van der Waals surface area contributed by atoms with Crippen LogP contribution in [0.3, 0.4) is 0 Å². The third kappa shape index (κ3) is 7.15. The fraction of sp³-hybridized carbons (Fsp3) is 0.145. The summed E-state index contributed by atoms with van der Waals surface area (Å²) in [5.74, 6) is 3.11. The predicted molar refractivity (Wildman–Crippen MR) is 281 cm³/mol. The second-order valence-electron chi connectivity index (χ2n) is 19.9. The van der Waals surface area contributed by atoms with E-state index in [2.05, 4.69) is 161 Å². The molecule has 14 rings (SSSR count). The molecule has 0 aliphatic carbocycles. The van der Waals surface area contributed by atoms with Crippen molar-refractivity contribution in [3.63, 3.8) is 0 Å². The summed E-state index contributed by atoms with van der Waals surface area (Å²) in [6.45, 7) is 13.8. The Labute approximate surface area is 403 Å². The van der Waals surface area contributed by atoms with Gasteiger partial charge in [0, 0.05) is 51.5 Å². The van der Waals surface area contributed by atoms with Gasteiger partial charge in [0.25, 0.3) is 0 Å². The number of ether oxygens (including phenoxy) is 2. The lowest BCUT2D eigenvalue weighted by Gasteiger charge is -2.30. The molecule has 6 nitrogen and oxygen atoms in total. The van der Waals surface area contributed by atoms with E-state index in [1.165, 1.54) is 5.56 Å². The average molecular weight is 889 g/mol. The zero-order valence-electron chi connectivity index (χ0n) is 43.0. The van der Waals surface area contributed by atoms with Gasteiger partial charge in [-0.1, -0.05) is 132 Å². The number of nitrogens with zero attached hydrogens (tertiary/aromatic N) is 4.